The van der Waals surface area contributed by atoms with Gasteiger partial charge in [0.25, 0.3) is 0 Å². The van der Waals surface area contributed by atoms with Crippen molar-refractivity contribution in [3.63, 3.8) is 0 Å². The number of ether oxygens (including phenoxy) is 1. The zero-order valence-electron chi connectivity index (χ0n) is 10.6. The van der Waals surface area contributed by atoms with Crippen LogP contribution in [0.15, 0.2) is 35.3 Å². The minimum atomic E-state index is -1.12. The summed E-state index contributed by atoms with van der Waals surface area (Å²) in [6, 6.07) is 9.04. The van der Waals surface area contributed by atoms with Crippen LogP contribution in [0.3, 0.4) is 0 Å². The maximum Gasteiger partial charge on any atom is 0.164 e. The molecule has 5 atom stereocenters. The lowest BCUT2D eigenvalue weighted by molar-refractivity contribution is -0.164. The van der Waals surface area contributed by atoms with Crippen LogP contribution in [0.2, 0.25) is 0 Å². The van der Waals surface area contributed by atoms with E-state index in [9.17, 15) is 10.2 Å². The third kappa shape index (κ3) is 2.55. The Hall–Kier alpha value is -1.12. The number of aliphatic imine (C=N–C) groups is 1. The summed E-state index contributed by atoms with van der Waals surface area (Å²) in [5, 5.41) is 32.8. The second-order valence-electron chi connectivity index (χ2n) is 4.74. The number of thioether (sulfide) groups is 1. The largest absolute Gasteiger partial charge is 0.394 e. The van der Waals surface area contributed by atoms with Crippen molar-refractivity contribution >= 4 is 22.6 Å². The Bertz CT molecular complexity index is 498. The molecule has 0 amide bonds. The number of nitrogens with one attached hydrogen (secondary N) is 1. The molecular weight excluding hydrogens is 280 g/mol. The first-order chi connectivity index (χ1) is 9.69. The van der Waals surface area contributed by atoms with E-state index in [0.29, 0.717) is 5.17 Å². The number of aliphatic hydroxyl groups excluding tert-OH is 3. The van der Waals surface area contributed by atoms with Gasteiger partial charge < -0.3 is 25.4 Å². The highest BCUT2D eigenvalue weighted by atomic mass is 32.2. The zero-order chi connectivity index (χ0) is 14.1. The first kappa shape index (κ1) is 13.8. The standard InChI is InChI=1S/C13H16N2O4S/c16-6-8-10(17)11(18)9-12(19-8)20-13(15-9)14-7-4-2-1-3-5-7/h1-5,8-12,16-18H,6H2,(H,14,15)/t8-,9-,10-,11-,12-/m1/s1. The lowest BCUT2D eigenvalue weighted by atomic mass is 9.99. The molecule has 0 aliphatic carbocycles. The Labute approximate surface area is 120 Å². The second kappa shape index (κ2) is 5.71. The van der Waals surface area contributed by atoms with Crippen molar-refractivity contribution in [3.05, 3.63) is 30.3 Å². The molecule has 0 radical (unpaired) electrons. The average molecular weight is 296 g/mol. The molecule has 1 saturated heterocycles. The van der Waals surface area contributed by atoms with Gasteiger partial charge in [-0.3, -0.25) is 4.99 Å². The van der Waals surface area contributed by atoms with E-state index in [-0.39, 0.29) is 6.61 Å². The predicted octanol–water partition coefficient (Wildman–Crippen LogP) is 0.00890. The fourth-order valence-electron chi connectivity index (χ4n) is 2.28. The van der Waals surface area contributed by atoms with Crippen LogP contribution in [0.4, 0.5) is 5.69 Å². The lowest BCUT2D eigenvalue weighted by Crippen LogP contribution is -2.55. The number of nitrogens with zero attached hydrogens (tertiary/aromatic N) is 1. The summed E-state index contributed by atoms with van der Waals surface area (Å²) >= 11 is 1.35. The molecule has 7 heteroatoms. The maximum atomic E-state index is 10.0. The normalized spacial score (nSPS) is 36.4. The molecule has 0 bridgehead atoms. The maximum absolute atomic E-state index is 10.0. The molecule has 2 aliphatic rings. The SMILES string of the molecule is OC[C@H]1O[C@@H]2SC(Nc3ccccc3)=N[C@@H]2[C@@H](O)[C@@H]1O. The zero-order valence-corrected chi connectivity index (χ0v) is 11.4. The van der Waals surface area contributed by atoms with Crippen LogP contribution in [0.5, 0.6) is 0 Å². The van der Waals surface area contributed by atoms with Gasteiger partial charge in [-0.15, -0.1) is 0 Å². The monoisotopic (exact) mass is 296 g/mol. The molecular formula is C13H16N2O4S. The molecule has 0 saturated carbocycles. The topological polar surface area (TPSA) is 94.3 Å². The number of fused-ring (bicyclic) bond motifs is 1. The van der Waals surface area contributed by atoms with E-state index < -0.39 is 29.8 Å². The highest BCUT2D eigenvalue weighted by molar-refractivity contribution is 8.14. The fraction of sp³-hybridized carbons (Fsp3) is 0.462. The van der Waals surface area contributed by atoms with Gasteiger partial charge in [-0.05, 0) is 12.1 Å². The van der Waals surface area contributed by atoms with E-state index >= 15 is 0 Å². The van der Waals surface area contributed by atoms with E-state index in [1.807, 2.05) is 30.3 Å². The van der Waals surface area contributed by atoms with Crippen LogP contribution in [0.25, 0.3) is 0 Å². The number of hydrogen-bond acceptors (Lipinski definition) is 7. The number of aliphatic hydroxyl groups is 3. The third-order valence-corrected chi connectivity index (χ3v) is 4.42. The summed E-state index contributed by atoms with van der Waals surface area (Å²) in [6.45, 7) is -0.330. The predicted molar refractivity (Wildman–Crippen MR) is 76.6 cm³/mol. The van der Waals surface area contributed by atoms with Crippen molar-refractivity contribution < 1.29 is 20.1 Å². The Kier molecular flexibility index (Phi) is 3.95. The summed E-state index contributed by atoms with van der Waals surface area (Å²) in [7, 11) is 0. The molecule has 4 N–H and O–H groups in total. The molecule has 2 heterocycles. The van der Waals surface area contributed by atoms with Crippen LogP contribution in [-0.2, 0) is 4.74 Å². The van der Waals surface area contributed by atoms with Gasteiger partial charge in [0.1, 0.15) is 29.8 Å². The summed E-state index contributed by atoms with van der Waals surface area (Å²) in [5.41, 5.74) is 0.503. The second-order valence-corrected chi connectivity index (χ2v) is 5.83. The van der Waals surface area contributed by atoms with Gasteiger partial charge in [0.05, 0.1) is 6.61 Å². The van der Waals surface area contributed by atoms with E-state index in [2.05, 4.69) is 10.3 Å². The van der Waals surface area contributed by atoms with Gasteiger partial charge in [0.15, 0.2) is 5.17 Å². The van der Waals surface area contributed by atoms with Crippen molar-refractivity contribution in [2.75, 3.05) is 11.9 Å². The summed E-state index contributed by atoms with van der Waals surface area (Å²) in [5.74, 6) is 0. The Morgan fingerprint density at radius 1 is 1.20 bits per heavy atom. The van der Waals surface area contributed by atoms with Gasteiger partial charge in [-0.1, -0.05) is 30.0 Å². The van der Waals surface area contributed by atoms with Crippen LogP contribution in [0, 0.1) is 0 Å². The molecule has 108 valence electrons. The van der Waals surface area contributed by atoms with Crippen LogP contribution < -0.4 is 5.32 Å². The van der Waals surface area contributed by atoms with E-state index in [1.54, 1.807) is 0 Å². The Morgan fingerprint density at radius 3 is 2.65 bits per heavy atom. The quantitative estimate of drug-likeness (QED) is 0.614. The van der Waals surface area contributed by atoms with Gasteiger partial charge >= 0.3 is 0 Å². The average Bonchev–Trinajstić information content (AvgIpc) is 2.86. The smallest absolute Gasteiger partial charge is 0.164 e. The molecule has 1 aromatic carbocycles. The number of hydrogen-bond donors (Lipinski definition) is 4. The van der Waals surface area contributed by atoms with Gasteiger partial charge in [0, 0.05) is 5.69 Å². The van der Waals surface area contributed by atoms with Crippen LogP contribution >= 0.6 is 11.8 Å². The first-order valence-corrected chi connectivity index (χ1v) is 7.26. The minimum Gasteiger partial charge on any atom is -0.394 e. The number of para-hydroxylation sites is 1. The Morgan fingerprint density at radius 2 is 1.95 bits per heavy atom. The number of benzene rings is 1. The lowest BCUT2D eigenvalue weighted by Gasteiger charge is -2.37. The fourth-order valence-corrected chi connectivity index (χ4v) is 3.42. The van der Waals surface area contributed by atoms with Crippen molar-refractivity contribution in [1.29, 1.82) is 0 Å². The molecule has 2 aliphatic heterocycles. The molecule has 0 unspecified atom stereocenters. The molecule has 1 fully saturated rings. The van der Waals surface area contributed by atoms with Crippen molar-refractivity contribution in [1.82, 2.24) is 0 Å². The molecule has 20 heavy (non-hydrogen) atoms. The highest BCUT2D eigenvalue weighted by Gasteiger charge is 2.47. The highest BCUT2D eigenvalue weighted by Crippen LogP contribution is 2.36. The van der Waals surface area contributed by atoms with E-state index in [1.165, 1.54) is 11.8 Å². The van der Waals surface area contributed by atoms with Crippen LogP contribution in [-0.4, -0.2) is 56.9 Å². The van der Waals surface area contributed by atoms with E-state index in [0.717, 1.165) is 5.69 Å². The molecule has 3 rings (SSSR count). The van der Waals surface area contributed by atoms with Gasteiger partial charge in [-0.25, -0.2) is 0 Å². The molecule has 0 aromatic heterocycles. The summed E-state index contributed by atoms with van der Waals surface area (Å²) in [4.78, 5) is 4.36. The summed E-state index contributed by atoms with van der Waals surface area (Å²) in [6.07, 6.45) is -2.93. The first-order valence-electron chi connectivity index (χ1n) is 6.38. The third-order valence-electron chi connectivity index (χ3n) is 3.37. The molecule has 6 nitrogen and oxygen atoms in total. The molecule has 0 spiro atoms. The van der Waals surface area contributed by atoms with Crippen molar-refractivity contribution in [2.45, 2.75) is 29.8 Å². The van der Waals surface area contributed by atoms with Gasteiger partial charge in [-0.2, -0.15) is 0 Å². The Balaban J connectivity index is 1.72. The van der Waals surface area contributed by atoms with Crippen LogP contribution in [0.1, 0.15) is 0 Å². The summed E-state index contributed by atoms with van der Waals surface area (Å²) < 4.78 is 5.56. The number of anilines is 1. The van der Waals surface area contributed by atoms with Crippen molar-refractivity contribution in [2.24, 2.45) is 4.99 Å². The minimum absolute atomic E-state index is 0.330. The van der Waals surface area contributed by atoms with Gasteiger partial charge in [0.2, 0.25) is 0 Å². The van der Waals surface area contributed by atoms with E-state index in [4.69, 9.17) is 9.84 Å². The number of amidine groups is 1. The number of rotatable bonds is 2. The van der Waals surface area contributed by atoms with Crippen molar-refractivity contribution in [3.8, 4) is 0 Å². The molecule has 1 aromatic rings.